The predicted molar refractivity (Wildman–Crippen MR) is 181 cm³/mol. The molecule has 3 nitrogen and oxygen atoms in total. The van der Waals surface area contributed by atoms with E-state index >= 15 is 0 Å². The van der Waals surface area contributed by atoms with Gasteiger partial charge in [-0.3, -0.25) is 0 Å². The zero-order valence-electron chi connectivity index (χ0n) is 28.7. The van der Waals surface area contributed by atoms with E-state index < -0.39 is 0 Å². The van der Waals surface area contributed by atoms with E-state index in [4.69, 9.17) is 4.74 Å². The van der Waals surface area contributed by atoms with Crippen LogP contribution in [0.3, 0.4) is 0 Å². The number of allylic oxidation sites excluding steroid dienone is 1. The lowest BCUT2D eigenvalue weighted by Gasteiger charge is -2.62. The Hall–Kier alpha value is -2.03. The molecule has 4 unspecified atom stereocenters. The number of esters is 1. The third-order valence-electron chi connectivity index (χ3n) is 15.4. The van der Waals surface area contributed by atoms with Crippen molar-refractivity contribution < 1.29 is 14.6 Å². The Morgan fingerprint density at radius 1 is 0.977 bits per heavy atom. The van der Waals surface area contributed by atoms with E-state index in [1.807, 2.05) is 12.1 Å². The number of hydrogen-bond donors (Lipinski definition) is 1. The van der Waals surface area contributed by atoms with Gasteiger partial charge in [-0.15, -0.1) is 0 Å². The molecule has 0 aromatic heterocycles. The molecule has 242 valence electrons. The van der Waals surface area contributed by atoms with Crippen molar-refractivity contribution in [3.8, 4) is 5.75 Å². The predicted octanol–water partition coefficient (Wildman–Crippen LogP) is 10.8. The number of carbonyl (C=O) groups excluding carboxylic acids is 1. The zero-order valence-corrected chi connectivity index (χ0v) is 28.7. The van der Waals surface area contributed by atoms with Crippen LogP contribution in [0.4, 0.5) is 0 Å². The summed E-state index contributed by atoms with van der Waals surface area (Å²) < 4.78 is 6.14. The molecule has 5 saturated carbocycles. The molecule has 2 spiro atoms. The van der Waals surface area contributed by atoms with E-state index in [0.717, 1.165) is 29.7 Å². The molecule has 0 aliphatic heterocycles. The van der Waals surface area contributed by atoms with Crippen LogP contribution in [0, 0.1) is 57.2 Å². The molecule has 5 fully saturated rings. The van der Waals surface area contributed by atoms with Crippen LogP contribution < -0.4 is 0 Å². The molecule has 1 aromatic rings. The number of fused-ring (bicyclic) bond motifs is 2. The van der Waals surface area contributed by atoms with Crippen molar-refractivity contribution in [1.82, 2.24) is 0 Å². The average Bonchev–Trinajstić information content (AvgIpc) is 3.59. The van der Waals surface area contributed by atoms with E-state index in [0.29, 0.717) is 39.4 Å². The van der Waals surface area contributed by atoms with Crippen molar-refractivity contribution in [2.24, 2.45) is 57.2 Å². The largest absolute Gasteiger partial charge is 0.508 e. The maximum atomic E-state index is 12.9. The number of phenolic OH excluding ortho intramolecular Hbond substituents is 1. The average molecular weight is 601 g/mol. The van der Waals surface area contributed by atoms with Gasteiger partial charge < -0.3 is 9.84 Å². The van der Waals surface area contributed by atoms with Crippen LogP contribution in [0.2, 0.25) is 0 Å². The van der Waals surface area contributed by atoms with Crippen LogP contribution in [-0.4, -0.2) is 17.2 Å². The minimum atomic E-state index is -0.234. The SMILES string of the molecule is C=C(C)C(CC)CC[C@@H](CC)[C@H]1CC[C@@]2(C)[C@@H]3CCC4C(C)C(OC(=O)/C=C\c5ccc(O)cc5)CC[C@@]45C[C@@]35CC[C@]12C. The van der Waals surface area contributed by atoms with Gasteiger partial charge in [0.15, 0.2) is 0 Å². The smallest absolute Gasteiger partial charge is 0.331 e. The highest BCUT2D eigenvalue weighted by atomic mass is 16.5. The molecule has 44 heavy (non-hydrogen) atoms. The Morgan fingerprint density at radius 2 is 1.73 bits per heavy atom. The maximum absolute atomic E-state index is 12.9. The molecule has 0 radical (unpaired) electrons. The summed E-state index contributed by atoms with van der Waals surface area (Å²) in [4.78, 5) is 12.9. The molecule has 5 aliphatic rings. The summed E-state index contributed by atoms with van der Waals surface area (Å²) in [7, 11) is 0. The van der Waals surface area contributed by atoms with Crippen molar-refractivity contribution in [3.63, 3.8) is 0 Å². The first-order chi connectivity index (χ1) is 20.9. The highest BCUT2D eigenvalue weighted by Crippen LogP contribution is 2.88. The van der Waals surface area contributed by atoms with E-state index in [2.05, 4.69) is 48.1 Å². The Morgan fingerprint density at radius 3 is 2.41 bits per heavy atom. The number of hydrogen-bond acceptors (Lipinski definition) is 3. The first kappa shape index (κ1) is 31.9. The molecule has 0 bridgehead atoms. The molecular weight excluding hydrogens is 540 g/mol. The molecular formula is C41H60O3. The highest BCUT2D eigenvalue weighted by Gasteiger charge is 2.81. The fourth-order valence-electron chi connectivity index (χ4n) is 12.8. The molecule has 3 heteroatoms. The number of ether oxygens (including phenoxy) is 1. The number of rotatable bonds is 10. The summed E-state index contributed by atoms with van der Waals surface area (Å²) in [5.41, 5.74) is 4.22. The number of aromatic hydroxyl groups is 1. The summed E-state index contributed by atoms with van der Waals surface area (Å²) in [5, 5.41) is 9.53. The summed E-state index contributed by atoms with van der Waals surface area (Å²) in [6.45, 7) is 19.2. The van der Waals surface area contributed by atoms with Gasteiger partial charge in [-0.2, -0.15) is 0 Å². The fraction of sp³-hybridized carbons (Fsp3) is 0.732. The van der Waals surface area contributed by atoms with Crippen molar-refractivity contribution in [2.75, 3.05) is 0 Å². The first-order valence-corrected chi connectivity index (χ1v) is 18.3. The fourth-order valence-corrected chi connectivity index (χ4v) is 12.8. The van der Waals surface area contributed by atoms with Crippen LogP contribution in [0.1, 0.15) is 131 Å². The van der Waals surface area contributed by atoms with Crippen LogP contribution >= 0.6 is 0 Å². The van der Waals surface area contributed by atoms with Crippen LogP contribution in [0.25, 0.3) is 6.08 Å². The van der Waals surface area contributed by atoms with E-state index in [-0.39, 0.29) is 17.8 Å². The molecule has 6 rings (SSSR count). The maximum Gasteiger partial charge on any atom is 0.331 e. The lowest BCUT2D eigenvalue weighted by Crippen LogP contribution is -2.56. The zero-order chi connectivity index (χ0) is 31.5. The minimum Gasteiger partial charge on any atom is -0.508 e. The molecule has 0 saturated heterocycles. The summed E-state index contributed by atoms with van der Waals surface area (Å²) in [6, 6.07) is 6.91. The molecule has 1 N–H and O–H groups in total. The monoisotopic (exact) mass is 600 g/mol. The van der Waals surface area contributed by atoms with Gasteiger partial charge in [0.1, 0.15) is 11.9 Å². The second-order valence-corrected chi connectivity index (χ2v) is 16.7. The second kappa shape index (κ2) is 11.6. The Kier molecular flexibility index (Phi) is 8.45. The van der Waals surface area contributed by atoms with Crippen molar-refractivity contribution in [1.29, 1.82) is 0 Å². The Bertz CT molecular complexity index is 1260. The van der Waals surface area contributed by atoms with Gasteiger partial charge in [0.2, 0.25) is 0 Å². The Labute approximate surface area is 268 Å². The van der Waals surface area contributed by atoms with Crippen LogP contribution in [0.5, 0.6) is 5.75 Å². The molecule has 0 heterocycles. The third-order valence-corrected chi connectivity index (χ3v) is 15.4. The van der Waals surface area contributed by atoms with Gasteiger partial charge in [-0.25, -0.2) is 4.79 Å². The van der Waals surface area contributed by atoms with Gasteiger partial charge in [-0.05, 0) is 165 Å². The van der Waals surface area contributed by atoms with Gasteiger partial charge in [-0.1, -0.05) is 65.3 Å². The molecule has 11 atom stereocenters. The van der Waals surface area contributed by atoms with Gasteiger partial charge in [0.25, 0.3) is 0 Å². The van der Waals surface area contributed by atoms with Crippen molar-refractivity contribution in [2.45, 2.75) is 131 Å². The number of phenols is 1. The summed E-state index contributed by atoms with van der Waals surface area (Å²) in [5.74, 6) is 4.39. The topological polar surface area (TPSA) is 46.5 Å². The lowest BCUT2D eigenvalue weighted by atomic mass is 9.42. The van der Waals surface area contributed by atoms with Crippen molar-refractivity contribution in [3.05, 3.63) is 48.1 Å². The molecule has 0 amide bonds. The van der Waals surface area contributed by atoms with E-state index in [1.165, 1.54) is 82.6 Å². The third kappa shape index (κ3) is 4.84. The first-order valence-electron chi connectivity index (χ1n) is 18.3. The Balaban J connectivity index is 1.13. The normalized spacial score (nSPS) is 42.0. The van der Waals surface area contributed by atoms with E-state index in [1.54, 1.807) is 24.3 Å². The summed E-state index contributed by atoms with van der Waals surface area (Å²) >= 11 is 0. The van der Waals surface area contributed by atoms with Gasteiger partial charge >= 0.3 is 5.97 Å². The molecule has 1 aromatic carbocycles. The summed E-state index contributed by atoms with van der Waals surface area (Å²) in [6.07, 6.45) is 20.7. The second-order valence-electron chi connectivity index (χ2n) is 16.7. The van der Waals surface area contributed by atoms with Crippen LogP contribution in [-0.2, 0) is 9.53 Å². The standard InChI is InChI=1S/C41H60O3/c1-8-30(27(3)4)13-14-31(9-2)34-20-22-39(7)36-18-17-33-28(5)35(44-37(43)19-12-29-10-15-32(42)16-11-29)21-23-40(33)26-41(36,40)25-24-38(34,39)6/h10-12,15-16,19,28,30-31,33-36,42H,3,8-9,13-14,17-18,20-26H2,1-2,4-7H3/b19-12-/t28?,30?,31-,33?,34-,35?,36+,38-,39+,40-,41+/m1/s1. The molecule has 5 aliphatic carbocycles. The van der Waals surface area contributed by atoms with Crippen LogP contribution in [0.15, 0.2) is 42.5 Å². The van der Waals surface area contributed by atoms with E-state index in [9.17, 15) is 9.90 Å². The number of carbonyl (C=O) groups is 1. The minimum absolute atomic E-state index is 0.0218. The van der Waals surface area contributed by atoms with Gasteiger partial charge in [0.05, 0.1) is 0 Å². The quantitative estimate of drug-likeness (QED) is 0.165. The number of benzene rings is 1. The highest BCUT2D eigenvalue weighted by molar-refractivity contribution is 5.87. The lowest BCUT2D eigenvalue weighted by molar-refractivity contribution is -0.162. The van der Waals surface area contributed by atoms with Crippen molar-refractivity contribution >= 4 is 12.0 Å². The van der Waals surface area contributed by atoms with Gasteiger partial charge in [0, 0.05) is 6.08 Å².